The van der Waals surface area contributed by atoms with Gasteiger partial charge in [0.25, 0.3) is 0 Å². The first kappa shape index (κ1) is 21.5. The molecule has 4 nitrogen and oxygen atoms in total. The van der Waals surface area contributed by atoms with Crippen LogP contribution in [0, 0.1) is 0 Å². The van der Waals surface area contributed by atoms with Crippen molar-refractivity contribution in [3.8, 4) is 0 Å². The van der Waals surface area contributed by atoms with Crippen LogP contribution >= 0.6 is 23.4 Å². The number of hydrogen-bond acceptors (Lipinski definition) is 4. The average Bonchev–Trinajstić information content (AvgIpc) is 2.72. The van der Waals surface area contributed by atoms with Crippen LogP contribution in [0.3, 0.4) is 0 Å². The Hall–Kier alpha value is -1.56. The molecule has 1 aliphatic heterocycles. The normalized spacial score (nSPS) is 13.0. The van der Waals surface area contributed by atoms with E-state index in [1.807, 2.05) is 18.2 Å². The molecule has 1 aliphatic rings. The Balaban J connectivity index is 0.000000275. The third kappa shape index (κ3) is 7.46. The molecule has 0 aliphatic carbocycles. The molecule has 1 amide bonds. The van der Waals surface area contributed by atoms with Gasteiger partial charge < -0.3 is 10.1 Å². The number of hydrogen-bond donors (Lipinski definition) is 1. The van der Waals surface area contributed by atoms with Gasteiger partial charge in [0, 0.05) is 35.4 Å². The van der Waals surface area contributed by atoms with Gasteiger partial charge in [-0.15, -0.1) is 6.58 Å². The van der Waals surface area contributed by atoms with E-state index in [0.29, 0.717) is 24.7 Å². The summed E-state index contributed by atoms with van der Waals surface area (Å²) in [5.74, 6) is -0.00736. The molecule has 0 atom stereocenters. The fourth-order valence-corrected chi connectivity index (χ4v) is 3.41. The molecule has 0 saturated heterocycles. The molecule has 25 heavy (non-hydrogen) atoms. The summed E-state index contributed by atoms with van der Waals surface area (Å²) in [6, 6.07) is 8.11. The molecular weight excluding hydrogens is 356 g/mol. The lowest BCUT2D eigenvalue weighted by Crippen LogP contribution is -2.25. The number of amides is 1. The van der Waals surface area contributed by atoms with E-state index in [-0.39, 0.29) is 5.91 Å². The van der Waals surface area contributed by atoms with Gasteiger partial charge in [-0.3, -0.25) is 4.79 Å². The highest BCUT2D eigenvalue weighted by atomic mass is 35.5. The van der Waals surface area contributed by atoms with Gasteiger partial charge in [-0.25, -0.2) is 4.99 Å². The van der Waals surface area contributed by atoms with Gasteiger partial charge in [-0.2, -0.15) is 0 Å². The third-order valence-corrected chi connectivity index (χ3v) is 4.71. The quantitative estimate of drug-likeness (QED) is 0.572. The number of carbonyl (C=O) groups excluding carboxylic acids is 1. The minimum absolute atomic E-state index is 0.00736. The third-order valence-electron chi connectivity index (χ3n) is 3.30. The molecule has 1 N–H and O–H groups in total. The number of fused-ring (bicyclic) bond motifs is 1. The van der Waals surface area contributed by atoms with Crippen molar-refractivity contribution in [2.24, 2.45) is 4.99 Å². The number of benzene rings is 1. The molecule has 0 unspecified atom stereocenters. The van der Waals surface area contributed by atoms with E-state index in [9.17, 15) is 4.79 Å². The fraction of sp³-hybridized carbons (Fsp3) is 0.368. The van der Waals surface area contributed by atoms with Gasteiger partial charge in [0.15, 0.2) is 0 Å². The maximum atomic E-state index is 10.7. The first-order chi connectivity index (χ1) is 12.0. The number of carbonyl (C=O) groups is 1. The zero-order valence-electron chi connectivity index (χ0n) is 15.0. The van der Waals surface area contributed by atoms with E-state index in [1.165, 1.54) is 9.80 Å². The zero-order chi connectivity index (χ0) is 18.7. The van der Waals surface area contributed by atoms with Gasteiger partial charge in [-0.1, -0.05) is 54.6 Å². The lowest BCUT2D eigenvalue weighted by atomic mass is 10.2. The van der Waals surface area contributed by atoms with Crippen molar-refractivity contribution in [1.82, 2.24) is 5.32 Å². The van der Waals surface area contributed by atoms with Crippen LogP contribution in [-0.2, 0) is 9.53 Å². The summed E-state index contributed by atoms with van der Waals surface area (Å²) in [6.07, 6.45) is 2.87. The van der Waals surface area contributed by atoms with Crippen molar-refractivity contribution in [3.05, 3.63) is 53.1 Å². The maximum Gasteiger partial charge on any atom is 0.223 e. The van der Waals surface area contributed by atoms with E-state index in [1.54, 1.807) is 24.9 Å². The summed E-state index contributed by atoms with van der Waals surface area (Å²) in [5.41, 5.74) is 2.12. The Bertz CT molecular complexity index is 657. The highest BCUT2D eigenvalue weighted by Crippen LogP contribution is 2.36. The molecule has 0 aromatic heterocycles. The number of allylic oxidation sites excluding steroid dienone is 2. The molecular formula is C19H25ClN2O2S. The fourth-order valence-electron chi connectivity index (χ4n) is 2.03. The van der Waals surface area contributed by atoms with Crippen LogP contribution in [0.25, 0.3) is 0 Å². The Labute approximate surface area is 159 Å². The van der Waals surface area contributed by atoms with Crippen LogP contribution in [0.4, 0.5) is 0 Å². The number of halogens is 1. The Morgan fingerprint density at radius 2 is 2.16 bits per heavy atom. The number of nitrogens with one attached hydrogen (secondary N) is 1. The van der Waals surface area contributed by atoms with E-state index in [2.05, 4.69) is 36.8 Å². The SMILES string of the molecule is C=CCC(=O)NCCOC.CCC1=C(C)Sc2ccccc2C(Cl)=N1. The van der Waals surface area contributed by atoms with Gasteiger partial charge in [0.1, 0.15) is 5.17 Å². The van der Waals surface area contributed by atoms with Crippen LogP contribution in [0.2, 0.25) is 0 Å². The number of thioether (sulfide) groups is 1. The van der Waals surface area contributed by atoms with Crippen LogP contribution in [-0.4, -0.2) is 31.3 Å². The van der Waals surface area contributed by atoms with Crippen LogP contribution in [0.15, 0.2) is 57.4 Å². The minimum atomic E-state index is -0.00736. The molecule has 0 spiro atoms. The highest BCUT2D eigenvalue weighted by Gasteiger charge is 2.14. The second-order valence-electron chi connectivity index (χ2n) is 5.19. The highest BCUT2D eigenvalue weighted by molar-refractivity contribution is 8.03. The van der Waals surface area contributed by atoms with E-state index in [4.69, 9.17) is 16.3 Å². The molecule has 2 rings (SSSR count). The summed E-state index contributed by atoms with van der Waals surface area (Å²) in [5, 5.41) is 3.25. The molecule has 0 saturated carbocycles. The minimum Gasteiger partial charge on any atom is -0.383 e. The molecule has 0 bridgehead atoms. The average molecular weight is 381 g/mol. The van der Waals surface area contributed by atoms with Gasteiger partial charge in [0.2, 0.25) is 5.91 Å². The van der Waals surface area contributed by atoms with E-state index >= 15 is 0 Å². The molecule has 6 heteroatoms. The summed E-state index contributed by atoms with van der Waals surface area (Å²) in [6.45, 7) is 8.76. The van der Waals surface area contributed by atoms with Crippen LogP contribution < -0.4 is 5.32 Å². The summed E-state index contributed by atoms with van der Waals surface area (Å²) < 4.78 is 4.73. The summed E-state index contributed by atoms with van der Waals surface area (Å²) >= 11 is 7.94. The maximum absolute atomic E-state index is 10.7. The van der Waals surface area contributed by atoms with Gasteiger partial charge in [-0.05, 0) is 19.4 Å². The lowest BCUT2D eigenvalue weighted by molar-refractivity contribution is -0.120. The van der Waals surface area contributed by atoms with Crippen molar-refractivity contribution < 1.29 is 9.53 Å². The van der Waals surface area contributed by atoms with Crippen molar-refractivity contribution in [2.45, 2.75) is 31.6 Å². The van der Waals surface area contributed by atoms with E-state index in [0.717, 1.165) is 17.7 Å². The van der Waals surface area contributed by atoms with Gasteiger partial charge >= 0.3 is 0 Å². The summed E-state index contributed by atoms with van der Waals surface area (Å²) in [4.78, 5) is 17.6. The molecule has 0 fully saturated rings. The lowest BCUT2D eigenvalue weighted by Gasteiger charge is -2.03. The van der Waals surface area contributed by atoms with Gasteiger partial charge in [0.05, 0.1) is 12.3 Å². The number of rotatable bonds is 6. The van der Waals surface area contributed by atoms with Crippen LogP contribution in [0.5, 0.6) is 0 Å². The zero-order valence-corrected chi connectivity index (χ0v) is 16.5. The van der Waals surface area contributed by atoms with E-state index < -0.39 is 0 Å². The van der Waals surface area contributed by atoms with Crippen molar-refractivity contribution in [1.29, 1.82) is 0 Å². The smallest absolute Gasteiger partial charge is 0.223 e. The first-order valence-corrected chi connectivity index (χ1v) is 9.30. The monoisotopic (exact) mass is 380 g/mol. The predicted octanol–water partition coefficient (Wildman–Crippen LogP) is 4.74. The molecule has 0 radical (unpaired) electrons. The number of methoxy groups -OCH3 is 1. The molecule has 1 heterocycles. The Kier molecular flexibility index (Phi) is 10.2. The van der Waals surface area contributed by atoms with Crippen molar-refractivity contribution in [3.63, 3.8) is 0 Å². The van der Waals surface area contributed by atoms with Crippen molar-refractivity contribution in [2.75, 3.05) is 20.3 Å². The molecule has 136 valence electrons. The number of nitrogens with zero attached hydrogens (tertiary/aromatic N) is 1. The topological polar surface area (TPSA) is 50.7 Å². The standard InChI is InChI=1S/C12H12ClNS.C7H13NO2/c1-3-10-8(2)15-11-7-5-4-6-9(11)12(13)14-10;1-3-4-7(9)8-5-6-10-2/h4-7H,3H2,1-2H3;3H,1,4-6H2,2H3,(H,8,9). The molecule has 1 aromatic carbocycles. The largest absolute Gasteiger partial charge is 0.383 e. The molecule has 1 aromatic rings. The van der Waals surface area contributed by atoms with Crippen molar-refractivity contribution >= 4 is 34.4 Å². The first-order valence-electron chi connectivity index (χ1n) is 8.11. The summed E-state index contributed by atoms with van der Waals surface area (Å²) in [7, 11) is 1.60. The number of ether oxygens (including phenoxy) is 1. The number of aliphatic imine (C=N–C) groups is 1. The predicted molar refractivity (Wildman–Crippen MR) is 107 cm³/mol. The van der Waals surface area contributed by atoms with Crippen LogP contribution in [0.1, 0.15) is 32.3 Å². The Morgan fingerprint density at radius 1 is 1.44 bits per heavy atom. The Morgan fingerprint density at radius 3 is 2.80 bits per heavy atom. The second-order valence-corrected chi connectivity index (χ2v) is 6.81. The second kappa shape index (κ2) is 11.9.